The number of hydrogen-bond donors (Lipinski definition) is 2. The van der Waals surface area contributed by atoms with Gasteiger partial charge in [0.15, 0.2) is 0 Å². The lowest BCUT2D eigenvalue weighted by Gasteiger charge is -2.32. The SMILES string of the molecule is CC(C)[C@@](C)(CO)NC(=O)c1ccc(OCC2CC2)cc1. The Morgan fingerprint density at radius 2 is 2.00 bits per heavy atom. The summed E-state index contributed by atoms with van der Waals surface area (Å²) in [6.45, 7) is 6.49. The van der Waals surface area contributed by atoms with Gasteiger partial charge < -0.3 is 15.2 Å². The van der Waals surface area contributed by atoms with Gasteiger partial charge in [0, 0.05) is 5.56 Å². The number of hydrogen-bond acceptors (Lipinski definition) is 3. The van der Waals surface area contributed by atoms with Crippen molar-refractivity contribution < 1.29 is 14.6 Å². The second-order valence-electron chi connectivity index (χ2n) is 6.46. The molecule has 2 rings (SSSR count). The van der Waals surface area contributed by atoms with Crippen LogP contribution in [0.25, 0.3) is 0 Å². The minimum absolute atomic E-state index is 0.0843. The molecule has 0 aromatic heterocycles. The van der Waals surface area contributed by atoms with E-state index >= 15 is 0 Å². The van der Waals surface area contributed by atoms with E-state index in [4.69, 9.17) is 4.74 Å². The maximum atomic E-state index is 12.2. The van der Waals surface area contributed by atoms with E-state index in [0.29, 0.717) is 11.5 Å². The lowest BCUT2D eigenvalue weighted by Crippen LogP contribution is -2.52. The Morgan fingerprint density at radius 3 is 2.48 bits per heavy atom. The van der Waals surface area contributed by atoms with Crippen LogP contribution in [0.3, 0.4) is 0 Å². The van der Waals surface area contributed by atoms with Crippen LogP contribution in [0.1, 0.15) is 44.0 Å². The lowest BCUT2D eigenvalue weighted by molar-refractivity contribution is 0.0784. The van der Waals surface area contributed by atoms with Gasteiger partial charge in [-0.15, -0.1) is 0 Å². The highest BCUT2D eigenvalue weighted by Gasteiger charge is 2.29. The highest BCUT2D eigenvalue weighted by Crippen LogP contribution is 2.29. The zero-order valence-electron chi connectivity index (χ0n) is 13.1. The van der Waals surface area contributed by atoms with Crippen molar-refractivity contribution in [3.05, 3.63) is 29.8 Å². The molecule has 4 nitrogen and oxygen atoms in total. The van der Waals surface area contributed by atoms with Gasteiger partial charge in [0.05, 0.1) is 18.8 Å². The lowest BCUT2D eigenvalue weighted by atomic mass is 9.89. The van der Waals surface area contributed by atoms with Gasteiger partial charge in [0.2, 0.25) is 0 Å². The Hall–Kier alpha value is -1.55. The molecular weight excluding hydrogens is 266 g/mol. The molecule has 1 aliphatic carbocycles. The van der Waals surface area contributed by atoms with E-state index in [9.17, 15) is 9.90 Å². The van der Waals surface area contributed by atoms with Crippen LogP contribution in [0, 0.1) is 11.8 Å². The standard InChI is InChI=1S/C17H25NO3/c1-12(2)17(3,11-19)18-16(20)14-6-8-15(9-7-14)21-10-13-4-5-13/h6-9,12-13,19H,4-5,10-11H2,1-3H3,(H,18,20)/t17-/m1/s1. The number of amides is 1. The summed E-state index contributed by atoms with van der Waals surface area (Å²) < 4.78 is 5.65. The molecule has 0 heterocycles. The maximum absolute atomic E-state index is 12.2. The molecule has 0 spiro atoms. The second-order valence-corrected chi connectivity index (χ2v) is 6.46. The van der Waals surface area contributed by atoms with Crippen LogP contribution in [-0.2, 0) is 0 Å². The Bertz CT molecular complexity index is 479. The minimum atomic E-state index is -0.613. The third-order valence-electron chi connectivity index (χ3n) is 4.30. The number of carbonyl (C=O) groups is 1. The summed E-state index contributed by atoms with van der Waals surface area (Å²) in [7, 11) is 0. The van der Waals surface area contributed by atoms with Crippen LogP contribution in [0.2, 0.25) is 0 Å². The fourth-order valence-electron chi connectivity index (χ4n) is 1.90. The van der Waals surface area contributed by atoms with E-state index in [0.717, 1.165) is 12.4 Å². The van der Waals surface area contributed by atoms with Gasteiger partial charge in [-0.1, -0.05) is 13.8 Å². The second kappa shape index (κ2) is 6.48. The molecule has 21 heavy (non-hydrogen) atoms. The van der Waals surface area contributed by atoms with Gasteiger partial charge in [-0.2, -0.15) is 0 Å². The summed E-state index contributed by atoms with van der Waals surface area (Å²) in [6.07, 6.45) is 2.52. The van der Waals surface area contributed by atoms with Crippen molar-refractivity contribution in [1.29, 1.82) is 0 Å². The van der Waals surface area contributed by atoms with Gasteiger partial charge in [0.1, 0.15) is 5.75 Å². The van der Waals surface area contributed by atoms with Gasteiger partial charge in [-0.25, -0.2) is 0 Å². The highest BCUT2D eigenvalue weighted by atomic mass is 16.5. The molecule has 1 fully saturated rings. The molecular formula is C17H25NO3. The van der Waals surface area contributed by atoms with Crippen molar-refractivity contribution in [2.75, 3.05) is 13.2 Å². The average molecular weight is 291 g/mol. The number of nitrogens with one attached hydrogen (secondary N) is 1. The summed E-state index contributed by atoms with van der Waals surface area (Å²) in [5.41, 5.74) is -0.0350. The molecule has 1 aliphatic rings. The fraction of sp³-hybridized carbons (Fsp3) is 0.588. The van der Waals surface area contributed by atoms with Crippen molar-refractivity contribution in [2.45, 2.75) is 39.2 Å². The number of benzene rings is 1. The van der Waals surface area contributed by atoms with Crippen LogP contribution in [0.5, 0.6) is 5.75 Å². The summed E-state index contributed by atoms with van der Waals surface area (Å²) in [5.74, 6) is 1.48. The van der Waals surface area contributed by atoms with Crippen LogP contribution in [0.4, 0.5) is 0 Å². The Balaban J connectivity index is 1.95. The molecule has 1 saturated carbocycles. The van der Waals surface area contributed by atoms with Gasteiger partial charge in [-0.3, -0.25) is 4.79 Å². The quantitative estimate of drug-likeness (QED) is 0.812. The summed E-state index contributed by atoms with van der Waals surface area (Å²) in [5, 5.41) is 12.4. The topological polar surface area (TPSA) is 58.6 Å². The van der Waals surface area contributed by atoms with Gasteiger partial charge in [0.25, 0.3) is 5.91 Å². The third-order valence-corrected chi connectivity index (χ3v) is 4.30. The van der Waals surface area contributed by atoms with E-state index in [-0.39, 0.29) is 18.4 Å². The molecule has 1 amide bonds. The average Bonchev–Trinajstić information content (AvgIpc) is 3.29. The van der Waals surface area contributed by atoms with E-state index in [2.05, 4.69) is 5.32 Å². The summed E-state index contributed by atoms with van der Waals surface area (Å²) in [4.78, 5) is 12.2. The van der Waals surface area contributed by atoms with E-state index in [1.165, 1.54) is 12.8 Å². The summed E-state index contributed by atoms with van der Waals surface area (Å²) >= 11 is 0. The first kappa shape index (κ1) is 15.8. The normalized spacial score (nSPS) is 17.4. The molecule has 1 atom stereocenters. The molecule has 0 aliphatic heterocycles. The fourth-order valence-corrected chi connectivity index (χ4v) is 1.90. The predicted octanol–water partition coefficient (Wildman–Crippen LogP) is 2.61. The van der Waals surface area contributed by atoms with Crippen LogP contribution in [-0.4, -0.2) is 29.8 Å². The van der Waals surface area contributed by atoms with Crippen LogP contribution < -0.4 is 10.1 Å². The smallest absolute Gasteiger partial charge is 0.251 e. The molecule has 0 bridgehead atoms. The van der Waals surface area contributed by atoms with E-state index < -0.39 is 5.54 Å². The summed E-state index contributed by atoms with van der Waals surface area (Å²) in [6, 6.07) is 7.16. The zero-order chi connectivity index (χ0) is 15.5. The maximum Gasteiger partial charge on any atom is 0.251 e. The van der Waals surface area contributed by atoms with Crippen LogP contribution in [0.15, 0.2) is 24.3 Å². The molecule has 1 aromatic carbocycles. The van der Waals surface area contributed by atoms with E-state index in [1.54, 1.807) is 12.1 Å². The highest BCUT2D eigenvalue weighted by molar-refractivity contribution is 5.94. The molecule has 0 saturated heterocycles. The first-order valence-corrected chi connectivity index (χ1v) is 7.61. The predicted molar refractivity (Wildman–Crippen MR) is 82.5 cm³/mol. The van der Waals surface area contributed by atoms with Crippen LogP contribution >= 0.6 is 0 Å². The number of aliphatic hydroxyl groups is 1. The third kappa shape index (κ3) is 4.21. The first-order valence-electron chi connectivity index (χ1n) is 7.61. The van der Waals surface area contributed by atoms with Gasteiger partial charge >= 0.3 is 0 Å². The number of aliphatic hydroxyl groups excluding tert-OH is 1. The molecule has 116 valence electrons. The molecule has 2 N–H and O–H groups in total. The Morgan fingerprint density at radius 1 is 1.38 bits per heavy atom. The number of rotatable bonds is 7. The molecule has 1 aromatic rings. The number of ether oxygens (including phenoxy) is 1. The van der Waals surface area contributed by atoms with Crippen molar-refractivity contribution in [2.24, 2.45) is 11.8 Å². The monoisotopic (exact) mass is 291 g/mol. The first-order chi connectivity index (χ1) is 9.94. The Labute approximate surface area is 126 Å². The number of carbonyl (C=O) groups excluding carboxylic acids is 1. The Kier molecular flexibility index (Phi) is 4.88. The van der Waals surface area contributed by atoms with Crippen molar-refractivity contribution in [1.82, 2.24) is 5.32 Å². The largest absolute Gasteiger partial charge is 0.493 e. The minimum Gasteiger partial charge on any atom is -0.493 e. The molecule has 4 heteroatoms. The zero-order valence-corrected chi connectivity index (χ0v) is 13.1. The van der Waals surface area contributed by atoms with Gasteiger partial charge in [-0.05, 0) is 55.9 Å². The van der Waals surface area contributed by atoms with Crippen molar-refractivity contribution >= 4 is 5.91 Å². The molecule has 0 radical (unpaired) electrons. The van der Waals surface area contributed by atoms with Crippen molar-refractivity contribution in [3.63, 3.8) is 0 Å². The van der Waals surface area contributed by atoms with Crippen molar-refractivity contribution in [3.8, 4) is 5.75 Å². The van der Waals surface area contributed by atoms with E-state index in [1.807, 2.05) is 32.9 Å². The molecule has 0 unspecified atom stereocenters.